The van der Waals surface area contributed by atoms with Crippen molar-refractivity contribution in [2.75, 3.05) is 45.8 Å². The second-order valence-corrected chi connectivity index (χ2v) is 11.5. The molecule has 2 aliphatic heterocycles. The van der Waals surface area contributed by atoms with Gasteiger partial charge in [-0.2, -0.15) is 4.31 Å². The van der Waals surface area contributed by atoms with Crippen molar-refractivity contribution in [3.8, 4) is 0 Å². The van der Waals surface area contributed by atoms with E-state index >= 15 is 0 Å². The van der Waals surface area contributed by atoms with Gasteiger partial charge in [0, 0.05) is 44.8 Å². The van der Waals surface area contributed by atoms with Gasteiger partial charge in [-0.15, -0.1) is 0 Å². The first-order chi connectivity index (χ1) is 15.4. The maximum atomic E-state index is 14.5. The fraction of sp³-hybridized carbons (Fsp3) is 0.708. The minimum absolute atomic E-state index is 0.209. The zero-order valence-corrected chi connectivity index (χ0v) is 19.8. The second kappa shape index (κ2) is 10.6. The van der Waals surface area contributed by atoms with Gasteiger partial charge in [0.05, 0.1) is 0 Å². The van der Waals surface area contributed by atoms with Gasteiger partial charge in [-0.3, -0.25) is 4.79 Å². The first kappa shape index (κ1) is 23.6. The van der Waals surface area contributed by atoms with Gasteiger partial charge in [-0.25, -0.2) is 12.8 Å². The van der Waals surface area contributed by atoms with Gasteiger partial charge in [0.1, 0.15) is 10.7 Å². The molecule has 2 saturated heterocycles. The maximum Gasteiger partial charge on any atom is 0.253 e. The Morgan fingerprint density at radius 2 is 1.59 bits per heavy atom. The zero-order chi connectivity index (χ0) is 22.6. The molecule has 1 aromatic rings. The van der Waals surface area contributed by atoms with Crippen LogP contribution in [0.3, 0.4) is 0 Å². The number of hydrogen-bond donors (Lipinski definition) is 0. The maximum absolute atomic E-state index is 14.5. The summed E-state index contributed by atoms with van der Waals surface area (Å²) in [7, 11) is -3.93. The largest absolute Gasteiger partial charge is 0.337 e. The van der Waals surface area contributed by atoms with Crippen LogP contribution in [0.4, 0.5) is 4.39 Å². The summed E-state index contributed by atoms with van der Waals surface area (Å²) in [6.45, 7) is 5.01. The molecule has 1 saturated carbocycles. The molecule has 1 aromatic carbocycles. The first-order valence-electron chi connectivity index (χ1n) is 12.3. The van der Waals surface area contributed by atoms with Gasteiger partial charge in [0.15, 0.2) is 0 Å². The Balaban J connectivity index is 1.43. The molecule has 1 amide bonds. The number of nitrogens with zero attached hydrogens (tertiary/aromatic N) is 3. The highest BCUT2D eigenvalue weighted by Gasteiger charge is 2.30. The molecule has 1 aliphatic carbocycles. The van der Waals surface area contributed by atoms with E-state index in [-0.39, 0.29) is 16.4 Å². The van der Waals surface area contributed by atoms with Crippen LogP contribution < -0.4 is 0 Å². The number of hydrogen-bond acceptors (Lipinski definition) is 4. The number of benzene rings is 1. The molecular formula is C24H36FN3O3S. The van der Waals surface area contributed by atoms with Crippen molar-refractivity contribution >= 4 is 15.9 Å². The summed E-state index contributed by atoms with van der Waals surface area (Å²) in [6, 6.07) is 3.78. The van der Waals surface area contributed by atoms with Crippen molar-refractivity contribution in [1.29, 1.82) is 0 Å². The molecule has 3 fully saturated rings. The van der Waals surface area contributed by atoms with E-state index in [9.17, 15) is 17.6 Å². The van der Waals surface area contributed by atoms with E-state index < -0.39 is 15.8 Å². The van der Waals surface area contributed by atoms with E-state index in [1.54, 1.807) is 4.90 Å². The SMILES string of the molecule is O=C(c1ccc(F)c(S(=O)(=O)N2CCCCC2)c1)N1CCCN(CC2CCCCC2)CC1. The Bertz CT molecular complexity index is 896. The Hall–Kier alpha value is -1.51. The quantitative estimate of drug-likeness (QED) is 0.665. The number of rotatable bonds is 5. The predicted molar refractivity (Wildman–Crippen MR) is 123 cm³/mol. The molecule has 0 atom stereocenters. The summed E-state index contributed by atoms with van der Waals surface area (Å²) in [5.41, 5.74) is 0.253. The molecule has 3 aliphatic rings. The van der Waals surface area contributed by atoms with Crippen LogP contribution >= 0.6 is 0 Å². The van der Waals surface area contributed by atoms with Gasteiger partial charge in [-0.1, -0.05) is 25.7 Å². The van der Waals surface area contributed by atoms with Gasteiger partial charge >= 0.3 is 0 Å². The topological polar surface area (TPSA) is 60.9 Å². The first-order valence-corrected chi connectivity index (χ1v) is 13.7. The van der Waals surface area contributed by atoms with E-state index in [2.05, 4.69) is 4.90 Å². The molecule has 32 heavy (non-hydrogen) atoms. The lowest BCUT2D eigenvalue weighted by molar-refractivity contribution is 0.0759. The van der Waals surface area contributed by atoms with Crippen molar-refractivity contribution in [3.05, 3.63) is 29.6 Å². The predicted octanol–water partition coefficient (Wildman–Crippen LogP) is 3.73. The molecule has 0 unspecified atom stereocenters. The summed E-state index contributed by atoms with van der Waals surface area (Å²) >= 11 is 0. The fourth-order valence-corrected chi connectivity index (χ4v) is 6.96. The van der Waals surface area contributed by atoms with Crippen LogP contribution in [0.15, 0.2) is 23.1 Å². The van der Waals surface area contributed by atoms with Crippen LogP contribution in [-0.4, -0.2) is 74.2 Å². The molecule has 8 heteroatoms. The molecule has 0 spiro atoms. The Kier molecular flexibility index (Phi) is 7.84. The summed E-state index contributed by atoms with van der Waals surface area (Å²) < 4.78 is 41.9. The summed E-state index contributed by atoms with van der Waals surface area (Å²) in [5.74, 6) is -0.230. The molecule has 0 N–H and O–H groups in total. The third-order valence-corrected chi connectivity index (χ3v) is 9.14. The molecule has 4 rings (SSSR count). The Morgan fingerprint density at radius 1 is 0.875 bits per heavy atom. The zero-order valence-electron chi connectivity index (χ0n) is 19.0. The third kappa shape index (κ3) is 5.51. The molecule has 6 nitrogen and oxygen atoms in total. The number of carbonyl (C=O) groups is 1. The minimum Gasteiger partial charge on any atom is -0.337 e. The highest BCUT2D eigenvalue weighted by molar-refractivity contribution is 7.89. The monoisotopic (exact) mass is 465 g/mol. The molecule has 0 bridgehead atoms. The van der Waals surface area contributed by atoms with E-state index in [0.717, 1.165) is 57.3 Å². The fourth-order valence-electron chi connectivity index (χ4n) is 5.35. The van der Waals surface area contributed by atoms with Crippen LogP contribution in [0, 0.1) is 11.7 Å². The van der Waals surface area contributed by atoms with Crippen molar-refractivity contribution in [3.63, 3.8) is 0 Å². The van der Waals surface area contributed by atoms with Gasteiger partial charge in [-0.05, 0) is 62.8 Å². The normalized spacial score (nSPS) is 22.6. The second-order valence-electron chi connectivity index (χ2n) is 9.56. The number of carbonyl (C=O) groups excluding carboxylic acids is 1. The lowest BCUT2D eigenvalue weighted by atomic mass is 9.89. The number of piperidine rings is 1. The highest BCUT2D eigenvalue weighted by Crippen LogP contribution is 2.26. The lowest BCUT2D eigenvalue weighted by Crippen LogP contribution is -2.37. The van der Waals surface area contributed by atoms with E-state index in [1.807, 2.05) is 0 Å². The highest BCUT2D eigenvalue weighted by atomic mass is 32.2. The van der Waals surface area contributed by atoms with E-state index in [1.165, 1.54) is 48.5 Å². The molecule has 2 heterocycles. The van der Waals surface area contributed by atoms with Gasteiger partial charge < -0.3 is 9.80 Å². The van der Waals surface area contributed by atoms with Gasteiger partial charge in [0.2, 0.25) is 10.0 Å². The standard InChI is InChI=1S/C24H36FN3O3S/c25-22-11-10-21(18-23(22)32(30,31)28-14-5-2-6-15-28)24(29)27-13-7-12-26(16-17-27)19-20-8-3-1-4-9-20/h10-11,18,20H,1-9,12-17,19H2. The van der Waals surface area contributed by atoms with Crippen LogP contribution in [0.5, 0.6) is 0 Å². The molecular weight excluding hydrogens is 429 g/mol. The number of sulfonamides is 1. The van der Waals surface area contributed by atoms with Crippen molar-refractivity contribution in [2.24, 2.45) is 5.92 Å². The average Bonchev–Trinajstić information content (AvgIpc) is 3.05. The number of halogens is 1. The van der Waals surface area contributed by atoms with Crippen LogP contribution in [0.2, 0.25) is 0 Å². The summed E-state index contributed by atoms with van der Waals surface area (Å²) in [5, 5.41) is 0. The van der Waals surface area contributed by atoms with Crippen molar-refractivity contribution in [1.82, 2.24) is 14.1 Å². The Labute approximate surface area is 191 Å². The van der Waals surface area contributed by atoms with E-state index in [4.69, 9.17) is 0 Å². The smallest absolute Gasteiger partial charge is 0.253 e. The summed E-state index contributed by atoms with van der Waals surface area (Å²) in [4.78, 5) is 17.1. The minimum atomic E-state index is -3.93. The lowest BCUT2D eigenvalue weighted by Gasteiger charge is -2.29. The van der Waals surface area contributed by atoms with Crippen LogP contribution in [0.1, 0.15) is 68.1 Å². The molecule has 0 aromatic heterocycles. The van der Waals surface area contributed by atoms with Crippen molar-refractivity contribution < 1.29 is 17.6 Å². The van der Waals surface area contributed by atoms with Crippen LogP contribution in [0.25, 0.3) is 0 Å². The van der Waals surface area contributed by atoms with Crippen molar-refractivity contribution in [2.45, 2.75) is 62.7 Å². The average molecular weight is 466 g/mol. The molecule has 178 valence electrons. The van der Waals surface area contributed by atoms with Crippen LogP contribution in [-0.2, 0) is 10.0 Å². The molecule has 0 radical (unpaired) electrons. The third-order valence-electron chi connectivity index (χ3n) is 7.23. The Morgan fingerprint density at radius 3 is 2.34 bits per heavy atom. The number of amides is 1. The van der Waals surface area contributed by atoms with E-state index in [0.29, 0.717) is 26.2 Å². The van der Waals surface area contributed by atoms with Gasteiger partial charge in [0.25, 0.3) is 5.91 Å². The summed E-state index contributed by atoms with van der Waals surface area (Å²) in [6.07, 6.45) is 10.1.